The second-order valence-corrected chi connectivity index (χ2v) is 7.54. The monoisotopic (exact) mass is 355 g/mol. The Kier molecular flexibility index (Phi) is 4.13. The molecule has 2 fully saturated rings. The van der Waals surface area contributed by atoms with Gasteiger partial charge in [-0.05, 0) is 49.4 Å². The quantitative estimate of drug-likeness (QED) is 0.920. The molecule has 2 aromatic rings. The summed E-state index contributed by atoms with van der Waals surface area (Å²) in [6.45, 7) is 3.46. The normalized spacial score (nSPS) is 23.2. The van der Waals surface area contributed by atoms with Gasteiger partial charge in [-0.3, -0.25) is 14.6 Å². The molecule has 2 N–H and O–H groups in total. The zero-order valence-electron chi connectivity index (χ0n) is 14.7. The molecule has 1 aliphatic heterocycles. The molecule has 0 radical (unpaired) electrons. The van der Waals surface area contributed by atoms with Gasteiger partial charge in [0.1, 0.15) is 5.82 Å². The predicted octanol–water partition coefficient (Wildman–Crippen LogP) is 2.83. The number of carbonyl (C=O) groups excluding carboxylic acids is 2. The van der Waals surface area contributed by atoms with Crippen LogP contribution in [-0.4, -0.2) is 34.8 Å². The van der Waals surface area contributed by atoms with Gasteiger partial charge in [0, 0.05) is 30.3 Å². The standard InChI is InChI=1S/C20H22FN3O2/c1-11-8-15(11)20(26)24-6-4-12(5-7-24)18-16(19(22)25)10-13-9-14(21)2-3-17(13)23-18/h2-3,9-12,15H,4-8H2,1H3,(H2,22,25)/t11-,15-/m0/s1. The number of fused-ring (bicyclic) bond motifs is 1. The number of rotatable bonds is 3. The Labute approximate surface area is 151 Å². The first-order valence-electron chi connectivity index (χ1n) is 9.13. The van der Waals surface area contributed by atoms with Gasteiger partial charge in [0.05, 0.1) is 16.8 Å². The lowest BCUT2D eigenvalue weighted by molar-refractivity contribution is -0.133. The zero-order valence-corrected chi connectivity index (χ0v) is 14.7. The predicted molar refractivity (Wildman–Crippen MR) is 96.0 cm³/mol. The van der Waals surface area contributed by atoms with Crippen LogP contribution in [0.1, 0.15) is 48.2 Å². The van der Waals surface area contributed by atoms with Crippen LogP contribution in [0.5, 0.6) is 0 Å². The summed E-state index contributed by atoms with van der Waals surface area (Å²) in [7, 11) is 0. The van der Waals surface area contributed by atoms with Crippen LogP contribution < -0.4 is 5.73 Å². The highest BCUT2D eigenvalue weighted by Crippen LogP contribution is 2.40. The van der Waals surface area contributed by atoms with Gasteiger partial charge in [-0.2, -0.15) is 0 Å². The molecule has 1 aromatic carbocycles. The lowest BCUT2D eigenvalue weighted by atomic mass is 9.89. The number of halogens is 1. The number of nitrogens with two attached hydrogens (primary N) is 1. The number of pyridine rings is 1. The lowest BCUT2D eigenvalue weighted by Crippen LogP contribution is -2.39. The summed E-state index contributed by atoms with van der Waals surface area (Å²) in [5.41, 5.74) is 7.22. The molecule has 1 aromatic heterocycles. The van der Waals surface area contributed by atoms with Gasteiger partial charge in [-0.15, -0.1) is 0 Å². The Bertz CT molecular complexity index is 890. The van der Waals surface area contributed by atoms with Gasteiger partial charge in [0.25, 0.3) is 5.91 Å². The van der Waals surface area contributed by atoms with Crippen molar-refractivity contribution in [1.29, 1.82) is 0 Å². The van der Waals surface area contributed by atoms with E-state index < -0.39 is 5.91 Å². The number of carbonyl (C=O) groups is 2. The van der Waals surface area contributed by atoms with E-state index in [9.17, 15) is 14.0 Å². The number of amides is 2. The highest BCUT2D eigenvalue weighted by atomic mass is 19.1. The Morgan fingerprint density at radius 2 is 1.92 bits per heavy atom. The summed E-state index contributed by atoms with van der Waals surface area (Å²) in [5, 5.41) is 0.567. The molecule has 1 aliphatic carbocycles. The molecule has 2 heterocycles. The van der Waals surface area contributed by atoms with Crippen LogP contribution in [0, 0.1) is 17.7 Å². The third kappa shape index (κ3) is 3.04. The lowest BCUT2D eigenvalue weighted by Gasteiger charge is -2.32. The second-order valence-electron chi connectivity index (χ2n) is 7.54. The number of hydrogen-bond acceptors (Lipinski definition) is 3. The fourth-order valence-corrected chi connectivity index (χ4v) is 3.94. The summed E-state index contributed by atoms with van der Waals surface area (Å²) in [6.07, 6.45) is 2.51. The van der Waals surface area contributed by atoms with Crippen molar-refractivity contribution in [2.24, 2.45) is 17.6 Å². The molecule has 0 bridgehead atoms. The maximum Gasteiger partial charge on any atom is 0.250 e. The molecule has 2 aliphatic rings. The molecular weight excluding hydrogens is 333 g/mol. The minimum absolute atomic E-state index is 0.0765. The number of piperidine rings is 1. The number of likely N-dealkylation sites (tertiary alicyclic amines) is 1. The van der Waals surface area contributed by atoms with Crippen LogP contribution in [0.3, 0.4) is 0 Å². The fraction of sp³-hybridized carbons (Fsp3) is 0.450. The van der Waals surface area contributed by atoms with Crippen molar-refractivity contribution in [3.8, 4) is 0 Å². The van der Waals surface area contributed by atoms with E-state index in [1.54, 1.807) is 12.1 Å². The third-order valence-electron chi connectivity index (χ3n) is 5.69. The number of hydrogen-bond donors (Lipinski definition) is 1. The minimum atomic E-state index is -0.552. The summed E-state index contributed by atoms with van der Waals surface area (Å²) in [4.78, 5) is 30.9. The molecular formula is C20H22FN3O2. The van der Waals surface area contributed by atoms with Crippen LogP contribution in [0.25, 0.3) is 10.9 Å². The van der Waals surface area contributed by atoms with Crippen LogP contribution in [-0.2, 0) is 4.79 Å². The molecule has 1 saturated carbocycles. The van der Waals surface area contributed by atoms with E-state index in [4.69, 9.17) is 5.73 Å². The summed E-state index contributed by atoms with van der Waals surface area (Å²) in [6, 6.07) is 5.97. The molecule has 0 unspecified atom stereocenters. The fourth-order valence-electron chi connectivity index (χ4n) is 3.94. The number of nitrogens with zero attached hydrogens (tertiary/aromatic N) is 2. The van der Waals surface area contributed by atoms with Crippen molar-refractivity contribution in [3.63, 3.8) is 0 Å². The van der Waals surface area contributed by atoms with E-state index in [1.807, 2.05) is 4.90 Å². The molecule has 0 spiro atoms. The number of benzene rings is 1. The average molecular weight is 355 g/mol. The first kappa shape index (κ1) is 16.9. The Hall–Kier alpha value is -2.50. The summed E-state index contributed by atoms with van der Waals surface area (Å²) >= 11 is 0. The van der Waals surface area contributed by atoms with Gasteiger partial charge >= 0.3 is 0 Å². The van der Waals surface area contributed by atoms with E-state index in [0.29, 0.717) is 41.2 Å². The third-order valence-corrected chi connectivity index (χ3v) is 5.69. The molecule has 2 atom stereocenters. The topological polar surface area (TPSA) is 76.3 Å². The van der Waals surface area contributed by atoms with Crippen LogP contribution >= 0.6 is 0 Å². The van der Waals surface area contributed by atoms with E-state index in [2.05, 4.69) is 11.9 Å². The summed E-state index contributed by atoms with van der Waals surface area (Å²) < 4.78 is 13.5. The molecule has 4 rings (SSSR count). The van der Waals surface area contributed by atoms with E-state index >= 15 is 0 Å². The van der Waals surface area contributed by atoms with Gasteiger partial charge in [-0.25, -0.2) is 4.39 Å². The summed E-state index contributed by atoms with van der Waals surface area (Å²) in [5.74, 6) is 0.110. The van der Waals surface area contributed by atoms with Gasteiger partial charge in [-0.1, -0.05) is 6.92 Å². The second kappa shape index (κ2) is 6.34. The first-order chi connectivity index (χ1) is 12.4. The van der Waals surface area contributed by atoms with Gasteiger partial charge in [0.2, 0.25) is 5.91 Å². The molecule has 6 heteroatoms. The molecule has 1 saturated heterocycles. The molecule has 2 amide bonds. The highest BCUT2D eigenvalue weighted by molar-refractivity contribution is 5.97. The first-order valence-corrected chi connectivity index (χ1v) is 9.13. The van der Waals surface area contributed by atoms with Crippen molar-refractivity contribution >= 4 is 22.7 Å². The van der Waals surface area contributed by atoms with E-state index in [1.165, 1.54) is 12.1 Å². The molecule has 5 nitrogen and oxygen atoms in total. The van der Waals surface area contributed by atoms with Crippen molar-refractivity contribution in [3.05, 3.63) is 41.3 Å². The SMILES string of the molecule is C[C@H]1C[C@@H]1C(=O)N1CCC(c2nc3ccc(F)cc3cc2C(N)=O)CC1. The van der Waals surface area contributed by atoms with Crippen molar-refractivity contribution in [2.45, 2.75) is 32.1 Å². The Morgan fingerprint density at radius 1 is 1.23 bits per heavy atom. The largest absolute Gasteiger partial charge is 0.366 e. The van der Waals surface area contributed by atoms with E-state index in [0.717, 1.165) is 19.3 Å². The van der Waals surface area contributed by atoms with Crippen molar-refractivity contribution < 1.29 is 14.0 Å². The Morgan fingerprint density at radius 3 is 2.54 bits per heavy atom. The maximum absolute atomic E-state index is 13.5. The average Bonchev–Trinajstić information content (AvgIpc) is 3.36. The van der Waals surface area contributed by atoms with Gasteiger partial charge in [0.15, 0.2) is 0 Å². The van der Waals surface area contributed by atoms with E-state index in [-0.39, 0.29) is 23.6 Å². The minimum Gasteiger partial charge on any atom is -0.366 e. The molecule has 26 heavy (non-hydrogen) atoms. The van der Waals surface area contributed by atoms with Crippen molar-refractivity contribution in [2.75, 3.05) is 13.1 Å². The zero-order chi connectivity index (χ0) is 18.4. The molecule has 136 valence electrons. The number of primary amides is 1. The van der Waals surface area contributed by atoms with Crippen LogP contribution in [0.15, 0.2) is 24.3 Å². The van der Waals surface area contributed by atoms with Crippen molar-refractivity contribution in [1.82, 2.24) is 9.88 Å². The van der Waals surface area contributed by atoms with Gasteiger partial charge < -0.3 is 10.6 Å². The maximum atomic E-state index is 13.5. The number of aromatic nitrogens is 1. The Balaban J connectivity index is 1.58. The highest BCUT2D eigenvalue weighted by Gasteiger charge is 2.42. The van der Waals surface area contributed by atoms with Crippen LogP contribution in [0.2, 0.25) is 0 Å². The smallest absolute Gasteiger partial charge is 0.250 e. The van der Waals surface area contributed by atoms with Crippen LogP contribution in [0.4, 0.5) is 4.39 Å².